The molecule has 0 bridgehead atoms. The van der Waals surface area contributed by atoms with Gasteiger partial charge in [0, 0.05) is 11.3 Å². The molecule has 1 aliphatic rings. The molecule has 0 spiro atoms. The van der Waals surface area contributed by atoms with Gasteiger partial charge in [0.1, 0.15) is 5.75 Å². The molecule has 2 aromatic rings. The number of hydrogen-bond donors (Lipinski definition) is 1. The van der Waals surface area contributed by atoms with Gasteiger partial charge in [-0.3, -0.25) is 0 Å². The maximum Gasteiger partial charge on any atom is 0.416 e. The van der Waals surface area contributed by atoms with Gasteiger partial charge in [-0.1, -0.05) is 44.9 Å². The van der Waals surface area contributed by atoms with Crippen molar-refractivity contribution in [2.45, 2.75) is 62.6 Å². The molecular weight excluding hydrogens is 441 g/mol. The van der Waals surface area contributed by atoms with Crippen molar-refractivity contribution in [1.29, 1.82) is 0 Å². The number of rotatable bonds is 6. The van der Waals surface area contributed by atoms with Gasteiger partial charge in [-0.05, 0) is 48.2 Å². The average Bonchev–Trinajstić information content (AvgIpc) is 2.82. The Morgan fingerprint density at radius 2 is 1.88 bits per heavy atom. The van der Waals surface area contributed by atoms with Gasteiger partial charge in [-0.2, -0.15) is 13.2 Å². The average molecular weight is 471 g/mol. The second kappa shape index (κ2) is 9.06. The van der Waals surface area contributed by atoms with E-state index in [1.807, 2.05) is 13.8 Å². The molecule has 0 aliphatic carbocycles. The van der Waals surface area contributed by atoms with Crippen molar-refractivity contribution in [3.05, 3.63) is 59.2 Å². The Kier molecular flexibility index (Phi) is 6.96. The number of aliphatic hydroxyl groups excluding tert-OH is 1. The Bertz CT molecular complexity index is 1070. The van der Waals surface area contributed by atoms with Crippen LogP contribution in [0.4, 0.5) is 13.2 Å². The lowest BCUT2D eigenvalue weighted by atomic mass is 9.69. The number of aliphatic hydroxyl groups is 1. The van der Waals surface area contributed by atoms with Crippen molar-refractivity contribution in [3.63, 3.8) is 0 Å². The van der Waals surface area contributed by atoms with E-state index in [0.717, 1.165) is 18.6 Å². The monoisotopic (exact) mass is 470 g/mol. The molecule has 176 valence electrons. The van der Waals surface area contributed by atoms with Crippen molar-refractivity contribution < 1.29 is 31.4 Å². The fourth-order valence-electron chi connectivity index (χ4n) is 4.75. The molecule has 4 nitrogen and oxygen atoms in total. The second-order valence-corrected chi connectivity index (χ2v) is 10.5. The number of sulfone groups is 1. The second-order valence-electron chi connectivity index (χ2n) is 8.53. The number of methoxy groups -OCH3 is 1. The van der Waals surface area contributed by atoms with Gasteiger partial charge >= 0.3 is 6.18 Å². The molecule has 0 saturated carbocycles. The summed E-state index contributed by atoms with van der Waals surface area (Å²) in [5, 5.41) is 11.7. The first-order chi connectivity index (χ1) is 15.0. The number of halogens is 3. The van der Waals surface area contributed by atoms with Crippen LogP contribution in [0.15, 0.2) is 47.4 Å². The minimum atomic E-state index is -4.56. The van der Waals surface area contributed by atoms with Crippen molar-refractivity contribution in [3.8, 4) is 5.75 Å². The summed E-state index contributed by atoms with van der Waals surface area (Å²) in [5.41, 5.74) is -1.33. The van der Waals surface area contributed by atoms with E-state index < -0.39 is 39.0 Å². The molecule has 0 unspecified atom stereocenters. The highest BCUT2D eigenvalue weighted by Gasteiger charge is 2.49. The topological polar surface area (TPSA) is 63.6 Å². The van der Waals surface area contributed by atoms with Crippen LogP contribution in [-0.2, 0) is 16.0 Å². The van der Waals surface area contributed by atoms with E-state index in [4.69, 9.17) is 4.74 Å². The maximum absolute atomic E-state index is 13.5. The zero-order chi connectivity index (χ0) is 23.7. The molecule has 0 radical (unpaired) electrons. The zero-order valence-corrected chi connectivity index (χ0v) is 19.3. The molecule has 0 aromatic heterocycles. The van der Waals surface area contributed by atoms with Gasteiger partial charge in [0.15, 0.2) is 9.84 Å². The van der Waals surface area contributed by atoms with Gasteiger partial charge in [-0.25, -0.2) is 8.42 Å². The number of benzene rings is 2. The summed E-state index contributed by atoms with van der Waals surface area (Å²) in [6.07, 6.45) is -3.39. The molecule has 1 N–H and O–H groups in total. The van der Waals surface area contributed by atoms with Gasteiger partial charge in [-0.15, -0.1) is 0 Å². The number of ether oxygens (including phenoxy) is 1. The van der Waals surface area contributed by atoms with E-state index in [1.165, 1.54) is 37.4 Å². The fourth-order valence-corrected chi connectivity index (χ4v) is 7.00. The molecule has 2 aromatic carbocycles. The molecular formula is C24H29F3O4S. The highest BCUT2D eigenvalue weighted by Crippen LogP contribution is 2.49. The summed E-state index contributed by atoms with van der Waals surface area (Å²) < 4.78 is 72.5. The number of unbranched alkanes of at least 4 members (excludes halogenated alkanes) is 1. The number of alkyl halides is 3. The highest BCUT2D eigenvalue weighted by atomic mass is 32.2. The summed E-state index contributed by atoms with van der Waals surface area (Å²) >= 11 is 0. The molecule has 3 atom stereocenters. The van der Waals surface area contributed by atoms with Crippen LogP contribution in [-0.4, -0.2) is 32.5 Å². The summed E-state index contributed by atoms with van der Waals surface area (Å²) in [6, 6.07) is 9.27. The molecule has 32 heavy (non-hydrogen) atoms. The smallest absolute Gasteiger partial charge is 0.416 e. The minimum Gasteiger partial charge on any atom is -0.497 e. The van der Waals surface area contributed by atoms with Crippen LogP contribution in [0.2, 0.25) is 0 Å². The van der Waals surface area contributed by atoms with E-state index in [1.54, 1.807) is 0 Å². The summed E-state index contributed by atoms with van der Waals surface area (Å²) in [7, 11) is -2.37. The number of hydrogen-bond acceptors (Lipinski definition) is 4. The Balaban J connectivity index is 2.32. The van der Waals surface area contributed by atoms with Gasteiger partial charge < -0.3 is 9.84 Å². The van der Waals surface area contributed by atoms with Crippen LogP contribution in [0.3, 0.4) is 0 Å². The Morgan fingerprint density at radius 1 is 1.16 bits per heavy atom. The first-order valence-electron chi connectivity index (χ1n) is 10.7. The minimum absolute atomic E-state index is 0.0339. The number of fused-ring (bicyclic) bond motifs is 1. The lowest BCUT2D eigenvalue weighted by molar-refractivity contribution is -0.137. The molecule has 1 heterocycles. The van der Waals surface area contributed by atoms with Crippen LogP contribution in [0.25, 0.3) is 0 Å². The third-order valence-corrected chi connectivity index (χ3v) is 8.61. The Morgan fingerprint density at radius 3 is 2.47 bits per heavy atom. The largest absolute Gasteiger partial charge is 0.497 e. The summed E-state index contributed by atoms with van der Waals surface area (Å²) in [5.74, 6) is -0.830. The first-order valence-corrected chi connectivity index (χ1v) is 12.4. The van der Waals surface area contributed by atoms with E-state index in [-0.39, 0.29) is 21.8 Å². The van der Waals surface area contributed by atoms with Gasteiger partial charge in [0.25, 0.3) is 0 Å². The SMILES string of the molecule is CCCC[C@]1(CC)CS(=O)(=O)c2ccc(OC)cc2[C@@H](c2cccc(C(F)(F)F)c2)[C@H]1O. The molecule has 0 saturated heterocycles. The predicted molar refractivity (Wildman–Crippen MR) is 117 cm³/mol. The van der Waals surface area contributed by atoms with Crippen molar-refractivity contribution >= 4 is 9.84 Å². The zero-order valence-electron chi connectivity index (χ0n) is 18.4. The van der Waals surface area contributed by atoms with Crippen LogP contribution in [0.1, 0.15) is 62.1 Å². The predicted octanol–water partition coefficient (Wildman–Crippen LogP) is 5.58. The lowest BCUT2D eigenvalue weighted by Gasteiger charge is -2.39. The lowest BCUT2D eigenvalue weighted by Crippen LogP contribution is -2.42. The van der Waals surface area contributed by atoms with Crippen LogP contribution >= 0.6 is 0 Å². The summed E-state index contributed by atoms with van der Waals surface area (Å²) in [6.45, 7) is 3.80. The van der Waals surface area contributed by atoms with E-state index in [9.17, 15) is 26.7 Å². The van der Waals surface area contributed by atoms with Crippen molar-refractivity contribution in [1.82, 2.24) is 0 Å². The van der Waals surface area contributed by atoms with E-state index >= 15 is 0 Å². The third-order valence-electron chi connectivity index (χ3n) is 6.61. The van der Waals surface area contributed by atoms with Crippen LogP contribution in [0, 0.1) is 5.41 Å². The fraction of sp³-hybridized carbons (Fsp3) is 0.500. The third kappa shape index (κ3) is 4.53. The van der Waals surface area contributed by atoms with E-state index in [2.05, 4.69) is 0 Å². The Hall–Kier alpha value is -2.06. The molecule has 3 rings (SSSR count). The van der Waals surface area contributed by atoms with Crippen molar-refractivity contribution in [2.24, 2.45) is 5.41 Å². The first kappa shape index (κ1) is 24.6. The molecule has 8 heteroatoms. The quantitative estimate of drug-likeness (QED) is 0.599. The summed E-state index contributed by atoms with van der Waals surface area (Å²) in [4.78, 5) is 0.0339. The maximum atomic E-state index is 13.5. The van der Waals surface area contributed by atoms with E-state index in [0.29, 0.717) is 25.0 Å². The highest BCUT2D eigenvalue weighted by molar-refractivity contribution is 7.91. The standard InChI is InChI=1S/C24H29F3O4S/c1-4-6-12-23(5-2)15-32(29,30)20-11-10-18(31-3)14-19(20)21(22(23)28)16-8-7-9-17(13-16)24(25,26)27/h7-11,13-14,21-22,28H,4-6,12,15H2,1-3H3/t21-,22-,23-/m1/s1. The molecule has 1 aliphatic heterocycles. The van der Waals surface area contributed by atoms with Gasteiger partial charge in [0.05, 0.1) is 29.4 Å². The molecule has 0 fully saturated rings. The van der Waals surface area contributed by atoms with Gasteiger partial charge in [0.2, 0.25) is 0 Å². The Labute approximate surface area is 187 Å². The van der Waals surface area contributed by atoms with Crippen molar-refractivity contribution in [2.75, 3.05) is 12.9 Å². The van der Waals surface area contributed by atoms with Crippen LogP contribution < -0.4 is 4.74 Å². The normalized spacial score (nSPS) is 25.1. The van der Waals surface area contributed by atoms with Crippen LogP contribution in [0.5, 0.6) is 5.75 Å². The molecule has 0 amide bonds.